The summed E-state index contributed by atoms with van der Waals surface area (Å²) in [5.41, 5.74) is 9.31. The first-order valence-electron chi connectivity index (χ1n) is 12.6. The predicted molar refractivity (Wildman–Crippen MR) is 141 cm³/mol. The summed E-state index contributed by atoms with van der Waals surface area (Å²) in [5, 5.41) is 9.23. The molecule has 0 radical (unpaired) electrons. The van der Waals surface area contributed by atoms with Gasteiger partial charge in [0.05, 0.1) is 11.2 Å². The molecule has 0 aromatic heterocycles. The van der Waals surface area contributed by atoms with Gasteiger partial charge >= 0.3 is 5.97 Å². The first kappa shape index (κ1) is 26.7. The zero-order chi connectivity index (χ0) is 25.6. The van der Waals surface area contributed by atoms with E-state index in [4.69, 9.17) is 5.73 Å². The van der Waals surface area contributed by atoms with Crippen LogP contribution in [0.25, 0.3) is 0 Å². The number of aryl methyl sites for hydroxylation is 1. The number of carboxylic acid groups (broad SMARTS) is 1. The molecule has 2 aromatic rings. The Morgan fingerprint density at radius 3 is 2.17 bits per heavy atom. The molecule has 1 fully saturated rings. The van der Waals surface area contributed by atoms with Gasteiger partial charge in [0.15, 0.2) is 0 Å². The maximum absolute atomic E-state index is 13.7. The largest absolute Gasteiger partial charge is 0.478 e. The Balaban J connectivity index is 1.77. The molecule has 2 aromatic carbocycles. The number of amides is 1. The quantitative estimate of drug-likeness (QED) is 0.334. The van der Waals surface area contributed by atoms with Crippen LogP contribution in [-0.2, 0) is 17.8 Å². The molecule has 0 unspecified atom stereocenters. The fourth-order valence-electron chi connectivity index (χ4n) is 5.12. The van der Waals surface area contributed by atoms with Crippen molar-refractivity contribution in [3.8, 4) is 0 Å². The molecular formula is C30H40N2O3. The van der Waals surface area contributed by atoms with E-state index in [1.807, 2.05) is 18.2 Å². The van der Waals surface area contributed by atoms with Gasteiger partial charge in [-0.1, -0.05) is 69.8 Å². The highest BCUT2D eigenvalue weighted by Gasteiger charge is 2.40. The third kappa shape index (κ3) is 7.53. The molecule has 0 saturated heterocycles. The van der Waals surface area contributed by atoms with Crippen molar-refractivity contribution in [3.05, 3.63) is 83.4 Å². The number of rotatable bonds is 9. The fraction of sp³-hybridized carbons (Fsp3) is 0.467. The topological polar surface area (TPSA) is 83.6 Å². The van der Waals surface area contributed by atoms with Gasteiger partial charge in [0, 0.05) is 12.1 Å². The lowest BCUT2D eigenvalue weighted by Gasteiger charge is -2.46. The lowest BCUT2D eigenvalue weighted by atomic mass is 9.74. The van der Waals surface area contributed by atoms with Crippen LogP contribution >= 0.6 is 0 Å². The van der Waals surface area contributed by atoms with Crippen molar-refractivity contribution in [2.24, 2.45) is 17.1 Å². The molecule has 0 heterocycles. The summed E-state index contributed by atoms with van der Waals surface area (Å²) in [4.78, 5) is 26.8. The fourth-order valence-corrected chi connectivity index (χ4v) is 5.12. The lowest BCUT2D eigenvalue weighted by Crippen LogP contribution is -2.59. The van der Waals surface area contributed by atoms with Crippen LogP contribution in [-0.4, -0.2) is 27.5 Å². The smallest absolute Gasteiger partial charge is 0.335 e. The molecule has 1 amide bonds. The molecular weight excluding hydrogens is 436 g/mol. The maximum Gasteiger partial charge on any atom is 0.335 e. The number of hydrogen-bond donors (Lipinski definition) is 2. The van der Waals surface area contributed by atoms with Crippen LogP contribution in [0.2, 0.25) is 0 Å². The summed E-state index contributed by atoms with van der Waals surface area (Å²) in [5.74, 6) is -0.467. The Hall–Kier alpha value is -2.92. The molecule has 35 heavy (non-hydrogen) atoms. The van der Waals surface area contributed by atoms with Gasteiger partial charge in [-0.3, -0.25) is 4.79 Å². The van der Waals surface area contributed by atoms with Crippen LogP contribution in [0, 0.1) is 11.3 Å². The normalized spacial score (nSPS) is 20.3. The highest BCUT2D eigenvalue weighted by molar-refractivity contribution is 5.93. The van der Waals surface area contributed by atoms with Crippen molar-refractivity contribution in [2.75, 3.05) is 0 Å². The SMILES string of the molecule is C=C(CCc1ccccc1)C(=O)N(Cc1ccc(C(=O)O)cc1)C1(N)CCC(CC(C)(C)C)CC1. The maximum atomic E-state index is 13.7. The monoisotopic (exact) mass is 476 g/mol. The first-order chi connectivity index (χ1) is 16.5. The van der Waals surface area contributed by atoms with Crippen LogP contribution in [0.5, 0.6) is 0 Å². The third-order valence-corrected chi connectivity index (χ3v) is 7.06. The molecule has 0 aliphatic heterocycles. The van der Waals surface area contributed by atoms with Crippen molar-refractivity contribution >= 4 is 11.9 Å². The van der Waals surface area contributed by atoms with Gasteiger partial charge in [-0.05, 0) is 79.5 Å². The van der Waals surface area contributed by atoms with Crippen LogP contribution in [0.1, 0.15) is 80.8 Å². The van der Waals surface area contributed by atoms with E-state index in [0.717, 1.165) is 44.1 Å². The van der Waals surface area contributed by atoms with Gasteiger partial charge in [-0.15, -0.1) is 0 Å². The number of hydrogen-bond acceptors (Lipinski definition) is 3. The van der Waals surface area contributed by atoms with Crippen molar-refractivity contribution < 1.29 is 14.7 Å². The Labute approximate surface area is 210 Å². The highest BCUT2D eigenvalue weighted by atomic mass is 16.4. The number of carboxylic acids is 1. The van der Waals surface area contributed by atoms with Gasteiger partial charge in [-0.2, -0.15) is 0 Å². The summed E-state index contributed by atoms with van der Waals surface area (Å²) < 4.78 is 0. The molecule has 1 aliphatic rings. The van der Waals surface area contributed by atoms with Crippen molar-refractivity contribution in [1.29, 1.82) is 0 Å². The second-order valence-corrected chi connectivity index (χ2v) is 11.3. The highest BCUT2D eigenvalue weighted by Crippen LogP contribution is 2.39. The van der Waals surface area contributed by atoms with E-state index in [0.29, 0.717) is 24.5 Å². The van der Waals surface area contributed by atoms with E-state index >= 15 is 0 Å². The van der Waals surface area contributed by atoms with E-state index in [-0.39, 0.29) is 16.9 Å². The van der Waals surface area contributed by atoms with Gasteiger partial charge in [-0.25, -0.2) is 4.79 Å². The molecule has 0 bridgehead atoms. The molecule has 0 spiro atoms. The molecule has 188 valence electrons. The lowest BCUT2D eigenvalue weighted by molar-refractivity contribution is -0.136. The summed E-state index contributed by atoms with van der Waals surface area (Å²) in [7, 11) is 0. The Kier molecular flexibility index (Phi) is 8.55. The summed E-state index contributed by atoms with van der Waals surface area (Å²) in [6.45, 7) is 11.3. The van der Waals surface area contributed by atoms with E-state index in [9.17, 15) is 14.7 Å². The second-order valence-electron chi connectivity index (χ2n) is 11.3. The Morgan fingerprint density at radius 2 is 1.63 bits per heavy atom. The standard InChI is InChI=1S/C30H40N2O3/c1-22(10-11-23-8-6-5-7-9-23)27(33)32(21-25-12-14-26(15-13-25)28(34)35)30(31)18-16-24(17-19-30)20-29(2,3)4/h5-9,12-15,24H,1,10-11,16-21,31H2,2-4H3,(H,34,35). The Morgan fingerprint density at radius 1 is 1.03 bits per heavy atom. The predicted octanol–water partition coefficient (Wildman–Crippen LogP) is 6.18. The van der Waals surface area contributed by atoms with Crippen molar-refractivity contribution in [2.45, 2.75) is 77.9 Å². The zero-order valence-electron chi connectivity index (χ0n) is 21.4. The van der Waals surface area contributed by atoms with Crippen LogP contribution in [0.15, 0.2) is 66.7 Å². The summed E-state index contributed by atoms with van der Waals surface area (Å²) in [6, 6.07) is 16.8. The molecule has 3 rings (SSSR count). The molecule has 1 aliphatic carbocycles. The second kappa shape index (κ2) is 11.2. The van der Waals surface area contributed by atoms with E-state index in [1.54, 1.807) is 29.2 Å². The van der Waals surface area contributed by atoms with Crippen LogP contribution in [0.3, 0.4) is 0 Å². The summed E-state index contributed by atoms with van der Waals surface area (Å²) >= 11 is 0. The minimum Gasteiger partial charge on any atom is -0.478 e. The number of aromatic carboxylic acids is 1. The Bertz CT molecular complexity index is 1010. The molecule has 0 atom stereocenters. The van der Waals surface area contributed by atoms with Gasteiger partial charge < -0.3 is 15.7 Å². The van der Waals surface area contributed by atoms with E-state index in [1.165, 1.54) is 5.56 Å². The van der Waals surface area contributed by atoms with E-state index < -0.39 is 11.6 Å². The van der Waals surface area contributed by atoms with Gasteiger partial charge in [0.25, 0.3) is 5.91 Å². The average molecular weight is 477 g/mol. The first-order valence-corrected chi connectivity index (χ1v) is 12.6. The van der Waals surface area contributed by atoms with Gasteiger partial charge in [0.2, 0.25) is 0 Å². The number of benzene rings is 2. The van der Waals surface area contributed by atoms with Crippen LogP contribution in [0.4, 0.5) is 0 Å². The van der Waals surface area contributed by atoms with Crippen LogP contribution < -0.4 is 5.73 Å². The number of nitrogens with two attached hydrogens (primary N) is 1. The average Bonchev–Trinajstić information content (AvgIpc) is 2.82. The molecule has 3 N–H and O–H groups in total. The van der Waals surface area contributed by atoms with Crippen molar-refractivity contribution in [3.63, 3.8) is 0 Å². The van der Waals surface area contributed by atoms with Gasteiger partial charge in [0.1, 0.15) is 0 Å². The van der Waals surface area contributed by atoms with E-state index in [2.05, 4.69) is 39.5 Å². The summed E-state index contributed by atoms with van der Waals surface area (Å²) in [6.07, 6.45) is 5.95. The minimum atomic E-state index is -0.966. The minimum absolute atomic E-state index is 0.111. The third-order valence-electron chi connectivity index (χ3n) is 7.06. The van der Waals surface area contributed by atoms with Crippen molar-refractivity contribution in [1.82, 2.24) is 4.90 Å². The number of carbonyl (C=O) groups excluding carboxylic acids is 1. The molecule has 5 heteroatoms. The zero-order valence-corrected chi connectivity index (χ0v) is 21.4. The number of carbonyl (C=O) groups is 2. The molecule has 1 saturated carbocycles. The number of nitrogens with zero attached hydrogens (tertiary/aromatic N) is 1. The molecule has 5 nitrogen and oxygen atoms in total.